The number of aromatic nitrogens is 1. The molecule has 0 radical (unpaired) electrons. The lowest BCUT2D eigenvalue weighted by molar-refractivity contribution is 0.0998. The second kappa shape index (κ2) is 4.50. The Hall–Kier alpha value is -2.16. The average molecular weight is 252 g/mol. The molecule has 0 unspecified atom stereocenters. The second-order valence-corrected chi connectivity index (χ2v) is 5.09. The van der Waals surface area contributed by atoms with Gasteiger partial charge in [-0.2, -0.15) is 0 Å². The molecule has 1 aliphatic rings. The topological polar surface area (TPSA) is 56.0 Å². The van der Waals surface area contributed by atoms with Crippen LogP contribution in [0, 0.1) is 6.92 Å². The number of aryl methyl sites for hydroxylation is 2. The molecule has 3 nitrogen and oxygen atoms in total. The third-order valence-corrected chi connectivity index (χ3v) is 3.81. The summed E-state index contributed by atoms with van der Waals surface area (Å²) < 4.78 is 0. The lowest BCUT2D eigenvalue weighted by Gasteiger charge is -2.14. The quantitative estimate of drug-likeness (QED) is 0.893. The standard InChI is InChI=1S/C16H16N2O/c1-10-4-6-12-11(9-10)5-7-13(12)15-14(16(17)19)3-2-8-18-15/h2-4,6,8-9,13H,5,7H2,1H3,(H2,17,19)/t13-/m1/s1. The first kappa shape index (κ1) is 11.9. The fraction of sp³-hybridized carbons (Fsp3) is 0.250. The highest BCUT2D eigenvalue weighted by Gasteiger charge is 2.27. The van der Waals surface area contributed by atoms with E-state index in [1.165, 1.54) is 16.7 Å². The van der Waals surface area contributed by atoms with Gasteiger partial charge in [-0.15, -0.1) is 0 Å². The Balaban J connectivity index is 2.09. The van der Waals surface area contributed by atoms with E-state index in [9.17, 15) is 4.79 Å². The summed E-state index contributed by atoms with van der Waals surface area (Å²) in [5, 5.41) is 0. The number of primary amides is 1. The van der Waals surface area contributed by atoms with Crippen molar-refractivity contribution in [3.05, 3.63) is 64.5 Å². The fourth-order valence-electron chi connectivity index (χ4n) is 2.93. The van der Waals surface area contributed by atoms with Gasteiger partial charge in [0.1, 0.15) is 0 Å². The van der Waals surface area contributed by atoms with Gasteiger partial charge in [0.25, 0.3) is 5.91 Å². The molecule has 19 heavy (non-hydrogen) atoms. The Morgan fingerprint density at radius 3 is 3.00 bits per heavy atom. The molecule has 0 aliphatic heterocycles. The summed E-state index contributed by atoms with van der Waals surface area (Å²) in [6.07, 6.45) is 3.76. The molecular formula is C16H16N2O. The lowest BCUT2D eigenvalue weighted by Crippen LogP contribution is -2.16. The molecule has 1 aliphatic carbocycles. The van der Waals surface area contributed by atoms with E-state index in [1.807, 2.05) is 0 Å². The van der Waals surface area contributed by atoms with Crippen LogP contribution in [0.15, 0.2) is 36.5 Å². The van der Waals surface area contributed by atoms with Crippen LogP contribution in [0.1, 0.15) is 45.1 Å². The van der Waals surface area contributed by atoms with Crippen LogP contribution in [0.25, 0.3) is 0 Å². The molecule has 0 bridgehead atoms. The highest BCUT2D eigenvalue weighted by Crippen LogP contribution is 2.38. The van der Waals surface area contributed by atoms with E-state index in [4.69, 9.17) is 5.73 Å². The molecule has 0 saturated heterocycles. The number of hydrogen-bond donors (Lipinski definition) is 1. The predicted octanol–water partition coefficient (Wildman–Crippen LogP) is 2.57. The van der Waals surface area contributed by atoms with E-state index >= 15 is 0 Å². The number of pyridine rings is 1. The maximum Gasteiger partial charge on any atom is 0.250 e. The Labute approximate surface area is 112 Å². The Morgan fingerprint density at radius 2 is 2.21 bits per heavy atom. The number of carbonyl (C=O) groups excluding carboxylic acids is 1. The van der Waals surface area contributed by atoms with Crippen molar-refractivity contribution in [1.82, 2.24) is 4.98 Å². The highest BCUT2D eigenvalue weighted by atomic mass is 16.1. The van der Waals surface area contributed by atoms with Crippen LogP contribution in [-0.4, -0.2) is 10.9 Å². The summed E-state index contributed by atoms with van der Waals surface area (Å²) in [5.41, 5.74) is 10.7. The summed E-state index contributed by atoms with van der Waals surface area (Å²) in [7, 11) is 0. The van der Waals surface area contributed by atoms with Crippen molar-refractivity contribution >= 4 is 5.91 Å². The van der Waals surface area contributed by atoms with Crippen molar-refractivity contribution in [2.24, 2.45) is 5.73 Å². The Bertz CT molecular complexity index is 649. The molecule has 3 heteroatoms. The van der Waals surface area contributed by atoms with E-state index in [-0.39, 0.29) is 5.92 Å². The van der Waals surface area contributed by atoms with Crippen LogP contribution < -0.4 is 5.73 Å². The summed E-state index contributed by atoms with van der Waals surface area (Å²) in [6.45, 7) is 2.10. The minimum absolute atomic E-state index is 0.194. The normalized spacial score (nSPS) is 17.2. The lowest BCUT2D eigenvalue weighted by atomic mass is 9.93. The van der Waals surface area contributed by atoms with Gasteiger partial charge in [-0.25, -0.2) is 0 Å². The molecule has 0 spiro atoms. The third-order valence-electron chi connectivity index (χ3n) is 3.81. The molecule has 0 saturated carbocycles. The highest BCUT2D eigenvalue weighted by molar-refractivity contribution is 5.94. The van der Waals surface area contributed by atoms with Gasteiger partial charge >= 0.3 is 0 Å². The predicted molar refractivity (Wildman–Crippen MR) is 74.1 cm³/mol. The van der Waals surface area contributed by atoms with Gasteiger partial charge in [-0.3, -0.25) is 9.78 Å². The number of nitrogens with zero attached hydrogens (tertiary/aromatic N) is 1. The van der Waals surface area contributed by atoms with E-state index in [2.05, 4.69) is 30.1 Å². The number of benzene rings is 1. The second-order valence-electron chi connectivity index (χ2n) is 5.09. The van der Waals surface area contributed by atoms with Gasteiger partial charge in [0.15, 0.2) is 0 Å². The van der Waals surface area contributed by atoms with Crippen molar-refractivity contribution in [3.8, 4) is 0 Å². The van der Waals surface area contributed by atoms with Crippen molar-refractivity contribution in [1.29, 1.82) is 0 Å². The first-order valence-corrected chi connectivity index (χ1v) is 6.51. The number of nitrogens with two attached hydrogens (primary N) is 1. The average Bonchev–Trinajstić information content (AvgIpc) is 2.81. The molecule has 3 rings (SSSR count). The van der Waals surface area contributed by atoms with Gasteiger partial charge in [0, 0.05) is 12.1 Å². The van der Waals surface area contributed by atoms with E-state index in [0.717, 1.165) is 18.5 Å². The molecule has 1 aromatic heterocycles. The summed E-state index contributed by atoms with van der Waals surface area (Å²) >= 11 is 0. The van der Waals surface area contributed by atoms with Crippen LogP contribution in [0.4, 0.5) is 0 Å². The molecule has 2 N–H and O–H groups in total. The maximum atomic E-state index is 11.5. The van der Waals surface area contributed by atoms with Crippen molar-refractivity contribution in [3.63, 3.8) is 0 Å². The number of rotatable bonds is 2. The van der Waals surface area contributed by atoms with Crippen LogP contribution in [0.3, 0.4) is 0 Å². The summed E-state index contributed by atoms with van der Waals surface area (Å²) in [6, 6.07) is 10.0. The van der Waals surface area contributed by atoms with Crippen LogP contribution >= 0.6 is 0 Å². The van der Waals surface area contributed by atoms with E-state index in [0.29, 0.717) is 5.56 Å². The van der Waals surface area contributed by atoms with E-state index in [1.54, 1.807) is 18.3 Å². The number of fused-ring (bicyclic) bond motifs is 1. The number of amides is 1. The van der Waals surface area contributed by atoms with Crippen LogP contribution in [0.5, 0.6) is 0 Å². The first-order chi connectivity index (χ1) is 9.16. The molecule has 96 valence electrons. The Morgan fingerprint density at radius 1 is 1.37 bits per heavy atom. The van der Waals surface area contributed by atoms with Crippen molar-refractivity contribution < 1.29 is 4.79 Å². The third kappa shape index (κ3) is 2.01. The maximum absolute atomic E-state index is 11.5. The summed E-state index contributed by atoms with van der Waals surface area (Å²) in [5.74, 6) is -0.206. The fourth-order valence-corrected chi connectivity index (χ4v) is 2.93. The number of carbonyl (C=O) groups is 1. The molecule has 1 heterocycles. The molecule has 1 atom stereocenters. The minimum atomic E-state index is -0.399. The Kier molecular flexibility index (Phi) is 2.82. The zero-order chi connectivity index (χ0) is 13.4. The van der Waals surface area contributed by atoms with E-state index < -0.39 is 5.91 Å². The van der Waals surface area contributed by atoms with Crippen LogP contribution in [0.2, 0.25) is 0 Å². The van der Waals surface area contributed by atoms with Crippen LogP contribution in [-0.2, 0) is 6.42 Å². The molecular weight excluding hydrogens is 236 g/mol. The van der Waals surface area contributed by atoms with Gasteiger partial charge in [-0.1, -0.05) is 23.8 Å². The molecule has 0 fully saturated rings. The smallest absolute Gasteiger partial charge is 0.250 e. The van der Waals surface area contributed by atoms with Gasteiger partial charge < -0.3 is 5.73 Å². The van der Waals surface area contributed by atoms with Gasteiger partial charge in [-0.05, 0) is 43.0 Å². The van der Waals surface area contributed by atoms with Crippen molar-refractivity contribution in [2.75, 3.05) is 0 Å². The minimum Gasteiger partial charge on any atom is -0.366 e. The zero-order valence-corrected chi connectivity index (χ0v) is 10.9. The molecule has 2 aromatic rings. The molecule has 1 amide bonds. The SMILES string of the molecule is Cc1ccc2c(c1)CC[C@H]2c1ncccc1C(N)=O. The van der Waals surface area contributed by atoms with Gasteiger partial charge in [0.2, 0.25) is 0 Å². The molecule has 1 aromatic carbocycles. The zero-order valence-electron chi connectivity index (χ0n) is 10.9. The summed E-state index contributed by atoms with van der Waals surface area (Å²) in [4.78, 5) is 15.9. The first-order valence-electron chi connectivity index (χ1n) is 6.51. The number of hydrogen-bond acceptors (Lipinski definition) is 2. The van der Waals surface area contributed by atoms with Crippen molar-refractivity contribution in [2.45, 2.75) is 25.7 Å². The van der Waals surface area contributed by atoms with Gasteiger partial charge in [0.05, 0.1) is 11.3 Å². The monoisotopic (exact) mass is 252 g/mol. The largest absolute Gasteiger partial charge is 0.366 e.